The minimum absolute atomic E-state index is 0.00804. The van der Waals surface area contributed by atoms with Gasteiger partial charge in [-0.15, -0.1) is 0 Å². The Morgan fingerprint density at radius 3 is 2.32 bits per heavy atom. The Balaban J connectivity index is 2.54. The standard InChI is InChI=1S/C28H38ClN3O6/c1-17(2)15-22(30-27(37)38-28(4,5)6)26(36)32(13-14-33)24(19-10-8-11-20(34)16-19)25(35)31-23-18(3)9-7-12-21(23)29/h7-12,16-17,22,24,33-34H,13-15H2,1-6H3,(H,30,37)(H,31,35). The van der Waals surface area contributed by atoms with Crippen LogP contribution in [0.1, 0.15) is 58.2 Å². The maximum absolute atomic E-state index is 13.9. The van der Waals surface area contributed by atoms with Gasteiger partial charge in [0, 0.05) is 6.54 Å². The van der Waals surface area contributed by atoms with Crippen LogP contribution in [-0.2, 0) is 14.3 Å². The van der Waals surface area contributed by atoms with E-state index in [1.54, 1.807) is 58.0 Å². The molecule has 208 valence electrons. The number of carbonyl (C=O) groups excluding carboxylic acids is 3. The van der Waals surface area contributed by atoms with Crippen molar-refractivity contribution < 1.29 is 29.3 Å². The summed E-state index contributed by atoms with van der Waals surface area (Å²) in [6, 6.07) is 8.84. The van der Waals surface area contributed by atoms with Crippen LogP contribution in [0.5, 0.6) is 5.75 Å². The number of hydrogen-bond acceptors (Lipinski definition) is 6. The average molecular weight is 548 g/mol. The molecule has 4 N–H and O–H groups in total. The number of nitrogens with one attached hydrogen (secondary N) is 2. The van der Waals surface area contributed by atoms with Crippen molar-refractivity contribution in [2.75, 3.05) is 18.5 Å². The molecule has 2 rings (SSSR count). The van der Waals surface area contributed by atoms with Gasteiger partial charge in [0.15, 0.2) is 0 Å². The van der Waals surface area contributed by atoms with E-state index in [9.17, 15) is 24.6 Å². The smallest absolute Gasteiger partial charge is 0.408 e. The molecule has 9 nitrogen and oxygen atoms in total. The summed E-state index contributed by atoms with van der Waals surface area (Å²) < 4.78 is 5.36. The normalized spacial score (nSPS) is 13.0. The van der Waals surface area contributed by atoms with E-state index in [2.05, 4.69) is 10.6 Å². The number of rotatable bonds is 10. The maximum Gasteiger partial charge on any atom is 0.408 e. The first-order chi connectivity index (χ1) is 17.7. The maximum atomic E-state index is 13.9. The number of aliphatic hydroxyl groups excluding tert-OH is 1. The van der Waals surface area contributed by atoms with Gasteiger partial charge in [0.25, 0.3) is 5.91 Å². The van der Waals surface area contributed by atoms with E-state index in [1.165, 1.54) is 17.0 Å². The molecule has 0 radical (unpaired) electrons. The number of benzene rings is 2. The van der Waals surface area contributed by atoms with Gasteiger partial charge in [-0.2, -0.15) is 0 Å². The number of halogens is 1. The molecule has 0 spiro atoms. The number of hydrogen-bond donors (Lipinski definition) is 4. The average Bonchev–Trinajstić information content (AvgIpc) is 2.79. The van der Waals surface area contributed by atoms with Gasteiger partial charge in [0.1, 0.15) is 23.4 Å². The number of phenols is 1. The van der Waals surface area contributed by atoms with E-state index in [0.717, 1.165) is 0 Å². The first-order valence-corrected chi connectivity index (χ1v) is 12.9. The van der Waals surface area contributed by atoms with E-state index >= 15 is 0 Å². The number of phenolic OH excluding ortho intramolecular Hbond substituents is 1. The molecule has 0 aromatic heterocycles. The third-order valence-corrected chi connectivity index (χ3v) is 5.85. The van der Waals surface area contributed by atoms with E-state index in [-0.39, 0.29) is 24.6 Å². The zero-order valence-electron chi connectivity index (χ0n) is 22.7. The van der Waals surface area contributed by atoms with Crippen molar-refractivity contribution in [3.05, 3.63) is 58.6 Å². The molecule has 3 amide bonds. The minimum Gasteiger partial charge on any atom is -0.508 e. The van der Waals surface area contributed by atoms with Crippen LogP contribution in [0, 0.1) is 12.8 Å². The summed E-state index contributed by atoms with van der Waals surface area (Å²) in [6.45, 7) is 10.1. The van der Waals surface area contributed by atoms with Gasteiger partial charge in [0.2, 0.25) is 5.91 Å². The quantitative estimate of drug-likeness (QED) is 0.338. The molecule has 0 aliphatic carbocycles. The van der Waals surface area contributed by atoms with Gasteiger partial charge < -0.3 is 30.5 Å². The fourth-order valence-electron chi connectivity index (χ4n) is 3.97. The number of nitrogens with zero attached hydrogens (tertiary/aromatic N) is 1. The predicted molar refractivity (Wildman–Crippen MR) is 147 cm³/mol. The number of aliphatic hydroxyl groups is 1. The van der Waals surface area contributed by atoms with Crippen molar-refractivity contribution >= 4 is 35.2 Å². The minimum atomic E-state index is -1.26. The zero-order valence-corrected chi connectivity index (χ0v) is 23.5. The number of carbonyl (C=O) groups is 3. The van der Waals surface area contributed by atoms with Gasteiger partial charge in [-0.1, -0.05) is 49.7 Å². The third-order valence-electron chi connectivity index (χ3n) is 5.54. The van der Waals surface area contributed by atoms with Crippen molar-refractivity contribution in [1.82, 2.24) is 10.2 Å². The fourth-order valence-corrected chi connectivity index (χ4v) is 4.24. The molecule has 0 aliphatic rings. The van der Waals surface area contributed by atoms with Gasteiger partial charge >= 0.3 is 6.09 Å². The summed E-state index contributed by atoms with van der Waals surface area (Å²) in [5, 5.41) is 25.8. The van der Waals surface area contributed by atoms with Gasteiger partial charge in [-0.3, -0.25) is 9.59 Å². The number of aryl methyl sites for hydroxylation is 1. The number of alkyl carbamates (subject to hydrolysis) is 1. The molecule has 0 bridgehead atoms. The predicted octanol–water partition coefficient (Wildman–Crippen LogP) is 4.79. The summed E-state index contributed by atoms with van der Waals surface area (Å²) in [5.74, 6) is -1.28. The van der Waals surface area contributed by atoms with Crippen LogP contribution in [0.15, 0.2) is 42.5 Å². The summed E-state index contributed by atoms with van der Waals surface area (Å²) in [6.07, 6.45) is -0.511. The molecule has 0 saturated carbocycles. The Morgan fingerprint density at radius 1 is 1.11 bits per heavy atom. The van der Waals surface area contributed by atoms with Crippen molar-refractivity contribution in [1.29, 1.82) is 0 Å². The molecule has 38 heavy (non-hydrogen) atoms. The Bertz CT molecular complexity index is 1110. The molecule has 0 saturated heterocycles. The Morgan fingerprint density at radius 2 is 1.76 bits per heavy atom. The summed E-state index contributed by atoms with van der Waals surface area (Å²) in [4.78, 5) is 41.5. The van der Waals surface area contributed by atoms with Crippen molar-refractivity contribution in [2.45, 2.75) is 65.6 Å². The molecule has 0 aliphatic heterocycles. The third kappa shape index (κ3) is 8.92. The molecule has 2 aromatic carbocycles. The number of ether oxygens (including phenoxy) is 1. The van der Waals surface area contributed by atoms with Crippen LogP contribution in [0.25, 0.3) is 0 Å². The highest BCUT2D eigenvalue weighted by atomic mass is 35.5. The fraction of sp³-hybridized carbons (Fsp3) is 0.464. The highest BCUT2D eigenvalue weighted by Gasteiger charge is 2.37. The SMILES string of the molecule is Cc1cccc(Cl)c1NC(=O)C(c1cccc(O)c1)N(CCO)C(=O)C(CC(C)C)NC(=O)OC(C)(C)C. The van der Waals surface area contributed by atoms with Crippen molar-refractivity contribution in [2.24, 2.45) is 5.92 Å². The molecular formula is C28H38ClN3O6. The monoisotopic (exact) mass is 547 g/mol. The lowest BCUT2D eigenvalue weighted by Crippen LogP contribution is -2.53. The van der Waals surface area contributed by atoms with Crippen LogP contribution in [0.4, 0.5) is 10.5 Å². The van der Waals surface area contributed by atoms with E-state index in [4.69, 9.17) is 16.3 Å². The van der Waals surface area contributed by atoms with Crippen LogP contribution >= 0.6 is 11.6 Å². The number of anilines is 1. The van der Waals surface area contributed by atoms with E-state index < -0.39 is 42.2 Å². The Kier molecular flexibility index (Phi) is 11.0. The van der Waals surface area contributed by atoms with Crippen LogP contribution in [0.2, 0.25) is 5.02 Å². The van der Waals surface area contributed by atoms with Crippen LogP contribution < -0.4 is 10.6 Å². The number of aromatic hydroxyl groups is 1. The number of para-hydroxylation sites is 1. The molecular weight excluding hydrogens is 510 g/mol. The second-order valence-corrected chi connectivity index (χ2v) is 10.9. The highest BCUT2D eigenvalue weighted by molar-refractivity contribution is 6.34. The lowest BCUT2D eigenvalue weighted by atomic mass is 9.99. The van der Waals surface area contributed by atoms with Gasteiger partial charge in [0.05, 0.1) is 17.3 Å². The van der Waals surface area contributed by atoms with E-state index in [1.807, 2.05) is 13.8 Å². The number of amides is 3. The Hall–Kier alpha value is -3.30. The lowest BCUT2D eigenvalue weighted by molar-refractivity contribution is -0.141. The van der Waals surface area contributed by atoms with Crippen molar-refractivity contribution in [3.8, 4) is 5.75 Å². The molecule has 0 fully saturated rings. The molecule has 2 aromatic rings. The van der Waals surface area contributed by atoms with Gasteiger partial charge in [-0.05, 0) is 69.4 Å². The first-order valence-electron chi connectivity index (χ1n) is 12.5. The molecule has 0 heterocycles. The first kappa shape index (κ1) is 30.9. The lowest BCUT2D eigenvalue weighted by Gasteiger charge is -2.34. The Labute approximate surface area is 229 Å². The largest absolute Gasteiger partial charge is 0.508 e. The summed E-state index contributed by atoms with van der Waals surface area (Å²) >= 11 is 6.33. The zero-order chi connectivity index (χ0) is 28.6. The topological polar surface area (TPSA) is 128 Å². The molecule has 2 unspecified atom stereocenters. The van der Waals surface area contributed by atoms with Crippen LogP contribution in [-0.4, -0.2) is 57.8 Å². The summed E-state index contributed by atoms with van der Waals surface area (Å²) in [7, 11) is 0. The molecule has 10 heteroatoms. The second-order valence-electron chi connectivity index (χ2n) is 10.5. The summed E-state index contributed by atoms with van der Waals surface area (Å²) in [5.41, 5.74) is 0.627. The van der Waals surface area contributed by atoms with E-state index in [0.29, 0.717) is 21.8 Å². The second kappa shape index (κ2) is 13.5. The molecule has 2 atom stereocenters. The van der Waals surface area contributed by atoms with Gasteiger partial charge in [-0.25, -0.2) is 4.79 Å². The van der Waals surface area contributed by atoms with Crippen molar-refractivity contribution in [3.63, 3.8) is 0 Å². The van der Waals surface area contributed by atoms with Crippen LogP contribution in [0.3, 0.4) is 0 Å². The highest BCUT2D eigenvalue weighted by Crippen LogP contribution is 2.30.